The number of nitrogens with zero attached hydrogens (tertiary/aromatic N) is 1. The maximum absolute atomic E-state index is 12.8. The van der Waals surface area contributed by atoms with Crippen LogP contribution in [-0.2, 0) is 4.79 Å². The molecule has 1 saturated heterocycles. The molecule has 1 fully saturated rings. The van der Waals surface area contributed by atoms with Crippen molar-refractivity contribution in [2.45, 2.75) is 32.7 Å². The van der Waals surface area contributed by atoms with Crippen molar-refractivity contribution in [2.24, 2.45) is 5.92 Å². The largest absolute Gasteiger partial charge is 0.496 e. The fourth-order valence-electron chi connectivity index (χ4n) is 2.94. The average Bonchev–Trinajstić information content (AvgIpc) is 2.45. The third-order valence-corrected chi connectivity index (χ3v) is 4.03. The number of carbonyl (C=O) groups is 2. The summed E-state index contributed by atoms with van der Waals surface area (Å²) in [5.74, 6) is -0.777. The molecule has 0 radical (unpaired) electrons. The van der Waals surface area contributed by atoms with Gasteiger partial charge in [-0.2, -0.15) is 0 Å². The fraction of sp³-hybridized carbons (Fsp3) is 0.500. The standard InChI is InChI=1S/C16H21NO4/c1-10-6-7-13(21-3)12(9-10)15(18)17-8-4-5-11(2)14(17)16(19)20/h6-7,9,11,14H,4-5,8H2,1-3H3,(H,19,20). The number of amides is 1. The molecule has 2 rings (SSSR count). The van der Waals surface area contributed by atoms with Crippen LogP contribution in [0.1, 0.15) is 35.7 Å². The molecule has 0 bridgehead atoms. The van der Waals surface area contributed by atoms with E-state index in [1.807, 2.05) is 19.9 Å². The molecule has 1 aliphatic heterocycles. The topological polar surface area (TPSA) is 66.8 Å². The summed E-state index contributed by atoms with van der Waals surface area (Å²) in [6, 6.07) is 4.59. The van der Waals surface area contributed by atoms with Gasteiger partial charge >= 0.3 is 5.97 Å². The summed E-state index contributed by atoms with van der Waals surface area (Å²) in [6.45, 7) is 4.24. The number of likely N-dealkylation sites (tertiary alicyclic amines) is 1. The first-order valence-electron chi connectivity index (χ1n) is 7.14. The van der Waals surface area contributed by atoms with E-state index in [4.69, 9.17) is 4.74 Å². The van der Waals surface area contributed by atoms with Crippen LogP contribution in [0.15, 0.2) is 18.2 Å². The van der Waals surface area contributed by atoms with Gasteiger partial charge in [0, 0.05) is 6.54 Å². The minimum absolute atomic E-state index is 0.0454. The number of rotatable bonds is 3. The summed E-state index contributed by atoms with van der Waals surface area (Å²) in [4.78, 5) is 25.7. The molecule has 2 atom stereocenters. The molecule has 1 amide bonds. The van der Waals surface area contributed by atoms with Crippen LogP contribution in [0.2, 0.25) is 0 Å². The molecule has 5 nitrogen and oxygen atoms in total. The van der Waals surface area contributed by atoms with Crippen LogP contribution in [0.25, 0.3) is 0 Å². The lowest BCUT2D eigenvalue weighted by Crippen LogP contribution is -2.52. The van der Waals surface area contributed by atoms with Gasteiger partial charge in [-0.15, -0.1) is 0 Å². The number of hydrogen-bond donors (Lipinski definition) is 1. The number of aliphatic carboxylic acids is 1. The van der Waals surface area contributed by atoms with Crippen LogP contribution in [0.5, 0.6) is 5.75 Å². The molecule has 1 aromatic carbocycles. The van der Waals surface area contributed by atoms with E-state index in [9.17, 15) is 14.7 Å². The van der Waals surface area contributed by atoms with Gasteiger partial charge in [0.05, 0.1) is 12.7 Å². The summed E-state index contributed by atoms with van der Waals surface area (Å²) >= 11 is 0. The van der Waals surface area contributed by atoms with Crippen LogP contribution in [0.4, 0.5) is 0 Å². The van der Waals surface area contributed by atoms with Crippen LogP contribution >= 0.6 is 0 Å². The van der Waals surface area contributed by atoms with Crippen LogP contribution < -0.4 is 4.74 Å². The lowest BCUT2D eigenvalue weighted by Gasteiger charge is -2.37. The highest BCUT2D eigenvalue weighted by atomic mass is 16.5. The van der Waals surface area contributed by atoms with E-state index in [1.54, 1.807) is 12.1 Å². The quantitative estimate of drug-likeness (QED) is 0.928. The van der Waals surface area contributed by atoms with E-state index >= 15 is 0 Å². The number of hydrogen-bond acceptors (Lipinski definition) is 3. The van der Waals surface area contributed by atoms with E-state index in [0.717, 1.165) is 18.4 Å². The second-order valence-electron chi connectivity index (χ2n) is 5.60. The van der Waals surface area contributed by atoms with Crippen molar-refractivity contribution in [1.29, 1.82) is 0 Å². The summed E-state index contributed by atoms with van der Waals surface area (Å²) in [5, 5.41) is 9.43. The third kappa shape index (κ3) is 3.01. The molecule has 1 N–H and O–H groups in total. The monoisotopic (exact) mass is 291 g/mol. The van der Waals surface area contributed by atoms with Gasteiger partial charge in [0.15, 0.2) is 0 Å². The minimum Gasteiger partial charge on any atom is -0.496 e. The summed E-state index contributed by atoms with van der Waals surface area (Å²) in [7, 11) is 1.51. The van der Waals surface area contributed by atoms with Crippen LogP contribution in [0, 0.1) is 12.8 Å². The van der Waals surface area contributed by atoms with Crippen LogP contribution in [-0.4, -0.2) is 41.6 Å². The molecule has 0 spiro atoms. The Morgan fingerprint density at radius 1 is 1.38 bits per heavy atom. The first kappa shape index (κ1) is 15.4. The molecule has 114 valence electrons. The lowest BCUT2D eigenvalue weighted by atomic mass is 9.90. The van der Waals surface area contributed by atoms with Crippen molar-refractivity contribution < 1.29 is 19.4 Å². The first-order chi connectivity index (χ1) is 9.95. The number of aryl methyl sites for hydroxylation is 1. The zero-order valence-electron chi connectivity index (χ0n) is 12.6. The van der Waals surface area contributed by atoms with Crippen molar-refractivity contribution in [3.8, 4) is 5.75 Å². The normalized spacial score (nSPS) is 22.0. The predicted octanol–water partition coefficient (Wildman–Crippen LogP) is 2.33. The highest BCUT2D eigenvalue weighted by Crippen LogP contribution is 2.28. The number of carbonyl (C=O) groups excluding carboxylic acids is 1. The zero-order chi connectivity index (χ0) is 15.6. The fourth-order valence-corrected chi connectivity index (χ4v) is 2.94. The summed E-state index contributed by atoms with van der Waals surface area (Å²) in [5.41, 5.74) is 1.37. The molecule has 2 unspecified atom stereocenters. The average molecular weight is 291 g/mol. The Hall–Kier alpha value is -2.04. The number of benzene rings is 1. The summed E-state index contributed by atoms with van der Waals surface area (Å²) < 4.78 is 5.24. The van der Waals surface area contributed by atoms with Gasteiger partial charge in [-0.1, -0.05) is 18.6 Å². The third-order valence-electron chi connectivity index (χ3n) is 4.03. The predicted molar refractivity (Wildman–Crippen MR) is 78.6 cm³/mol. The van der Waals surface area contributed by atoms with E-state index in [2.05, 4.69) is 0 Å². The van der Waals surface area contributed by atoms with Gasteiger partial charge in [0.2, 0.25) is 0 Å². The maximum Gasteiger partial charge on any atom is 0.326 e. The molecule has 0 aromatic heterocycles. The number of carboxylic acid groups (broad SMARTS) is 1. The van der Waals surface area contributed by atoms with Gasteiger partial charge < -0.3 is 14.7 Å². The van der Waals surface area contributed by atoms with Crippen molar-refractivity contribution in [3.63, 3.8) is 0 Å². The molecule has 5 heteroatoms. The molecular formula is C16H21NO4. The number of piperidine rings is 1. The molecule has 21 heavy (non-hydrogen) atoms. The van der Waals surface area contributed by atoms with Crippen molar-refractivity contribution in [2.75, 3.05) is 13.7 Å². The van der Waals surface area contributed by atoms with E-state index in [1.165, 1.54) is 12.0 Å². The van der Waals surface area contributed by atoms with Crippen molar-refractivity contribution >= 4 is 11.9 Å². The minimum atomic E-state index is -0.942. The van der Waals surface area contributed by atoms with Gasteiger partial charge in [-0.25, -0.2) is 4.79 Å². The number of carboxylic acids is 1. The van der Waals surface area contributed by atoms with Crippen LogP contribution in [0.3, 0.4) is 0 Å². The highest BCUT2D eigenvalue weighted by molar-refractivity contribution is 5.99. The zero-order valence-corrected chi connectivity index (χ0v) is 12.6. The van der Waals surface area contributed by atoms with Gasteiger partial charge in [-0.3, -0.25) is 4.79 Å². The smallest absolute Gasteiger partial charge is 0.326 e. The summed E-state index contributed by atoms with van der Waals surface area (Å²) in [6.07, 6.45) is 1.65. The Bertz CT molecular complexity index is 555. The van der Waals surface area contributed by atoms with Crippen molar-refractivity contribution in [3.05, 3.63) is 29.3 Å². The Morgan fingerprint density at radius 3 is 2.71 bits per heavy atom. The molecule has 1 aromatic rings. The van der Waals surface area contributed by atoms with E-state index in [0.29, 0.717) is 17.9 Å². The van der Waals surface area contributed by atoms with Crippen molar-refractivity contribution in [1.82, 2.24) is 4.90 Å². The maximum atomic E-state index is 12.8. The SMILES string of the molecule is COc1ccc(C)cc1C(=O)N1CCCC(C)C1C(=O)O. The van der Waals surface area contributed by atoms with Gasteiger partial charge in [0.25, 0.3) is 5.91 Å². The van der Waals surface area contributed by atoms with E-state index in [-0.39, 0.29) is 11.8 Å². The second kappa shape index (κ2) is 6.16. The van der Waals surface area contributed by atoms with E-state index < -0.39 is 12.0 Å². The van der Waals surface area contributed by atoms with Gasteiger partial charge in [0.1, 0.15) is 11.8 Å². The second-order valence-corrected chi connectivity index (χ2v) is 5.60. The Labute approximate surface area is 124 Å². The van der Waals surface area contributed by atoms with Gasteiger partial charge in [-0.05, 0) is 37.8 Å². The highest BCUT2D eigenvalue weighted by Gasteiger charge is 2.38. The molecular weight excluding hydrogens is 270 g/mol. The molecule has 0 saturated carbocycles. The number of methoxy groups -OCH3 is 1. The lowest BCUT2D eigenvalue weighted by molar-refractivity contribution is -0.145. The molecule has 1 aliphatic rings. The molecule has 0 aliphatic carbocycles. The Morgan fingerprint density at radius 2 is 2.10 bits per heavy atom. The Kier molecular flexibility index (Phi) is 4.50. The number of ether oxygens (including phenoxy) is 1. The Balaban J connectivity index is 2.38. The molecule has 1 heterocycles. The first-order valence-corrected chi connectivity index (χ1v) is 7.14.